The Balaban J connectivity index is 3.06. The number of carboxylic acid groups (broad SMARTS) is 1. The van der Waals surface area contributed by atoms with Crippen LogP contribution in [0.3, 0.4) is 0 Å². The first kappa shape index (κ1) is 11.4. The molecule has 0 bridgehead atoms. The highest BCUT2D eigenvalue weighted by molar-refractivity contribution is 5.88. The molecular weight excluding hydrogens is 213 g/mol. The summed E-state index contributed by atoms with van der Waals surface area (Å²) < 4.78 is 39.3. The van der Waals surface area contributed by atoms with Crippen LogP contribution in [0.4, 0.5) is 13.2 Å². The van der Waals surface area contributed by atoms with Gasteiger partial charge in [-0.05, 0) is 24.6 Å². The average Bonchev–Trinajstić information content (AvgIpc) is 2.06. The molecule has 82 valence electrons. The van der Waals surface area contributed by atoms with E-state index >= 15 is 0 Å². The SMILES string of the molecule is Cc1ccc(C(=O)O)cc1OC(F)(F)F. The first-order valence-electron chi connectivity index (χ1n) is 3.89. The molecule has 0 radical (unpaired) electrons. The second-order valence-electron chi connectivity index (χ2n) is 2.83. The van der Waals surface area contributed by atoms with Crippen molar-refractivity contribution >= 4 is 5.97 Å². The van der Waals surface area contributed by atoms with Crippen molar-refractivity contribution < 1.29 is 27.8 Å². The van der Waals surface area contributed by atoms with Crippen molar-refractivity contribution in [2.45, 2.75) is 13.3 Å². The van der Waals surface area contributed by atoms with Gasteiger partial charge in [0.2, 0.25) is 0 Å². The van der Waals surface area contributed by atoms with Crippen LogP contribution in [0, 0.1) is 6.92 Å². The molecule has 3 nitrogen and oxygen atoms in total. The van der Waals surface area contributed by atoms with Gasteiger partial charge in [0.1, 0.15) is 5.75 Å². The van der Waals surface area contributed by atoms with Crippen molar-refractivity contribution in [2.75, 3.05) is 0 Å². The number of carboxylic acids is 1. The average molecular weight is 220 g/mol. The summed E-state index contributed by atoms with van der Waals surface area (Å²) in [6.07, 6.45) is -4.82. The Bertz CT molecular complexity index is 385. The fourth-order valence-corrected chi connectivity index (χ4v) is 0.968. The third kappa shape index (κ3) is 3.16. The fraction of sp³-hybridized carbons (Fsp3) is 0.222. The number of hydrogen-bond acceptors (Lipinski definition) is 2. The highest BCUT2D eigenvalue weighted by Crippen LogP contribution is 2.26. The van der Waals surface area contributed by atoms with Gasteiger partial charge in [0.25, 0.3) is 0 Å². The maximum Gasteiger partial charge on any atom is 0.573 e. The number of ether oxygens (including phenoxy) is 1. The number of rotatable bonds is 2. The summed E-state index contributed by atoms with van der Waals surface area (Å²) in [7, 11) is 0. The third-order valence-corrected chi connectivity index (χ3v) is 1.66. The quantitative estimate of drug-likeness (QED) is 0.833. The van der Waals surface area contributed by atoms with E-state index in [1.165, 1.54) is 19.1 Å². The van der Waals surface area contributed by atoms with Crippen molar-refractivity contribution in [3.05, 3.63) is 29.3 Å². The Morgan fingerprint density at radius 2 is 2.00 bits per heavy atom. The molecule has 1 aromatic rings. The number of hydrogen-bond donors (Lipinski definition) is 1. The third-order valence-electron chi connectivity index (χ3n) is 1.66. The van der Waals surface area contributed by atoms with Gasteiger partial charge in [0, 0.05) is 0 Å². The summed E-state index contributed by atoms with van der Waals surface area (Å²) in [5, 5.41) is 8.56. The van der Waals surface area contributed by atoms with Crippen molar-refractivity contribution in [1.29, 1.82) is 0 Å². The van der Waals surface area contributed by atoms with E-state index < -0.39 is 18.1 Å². The van der Waals surface area contributed by atoms with E-state index in [9.17, 15) is 18.0 Å². The summed E-state index contributed by atoms with van der Waals surface area (Å²) in [6, 6.07) is 3.30. The zero-order valence-corrected chi connectivity index (χ0v) is 7.63. The Kier molecular flexibility index (Phi) is 2.88. The highest BCUT2D eigenvalue weighted by atomic mass is 19.4. The molecule has 1 rings (SSSR count). The standard InChI is InChI=1S/C9H7F3O3/c1-5-2-3-6(8(13)14)4-7(5)15-9(10,11)12/h2-4H,1H3,(H,13,14). The summed E-state index contributed by atoms with van der Waals surface area (Å²) >= 11 is 0. The van der Waals surface area contributed by atoms with Crippen LogP contribution in [0.2, 0.25) is 0 Å². The van der Waals surface area contributed by atoms with Crippen LogP contribution in [-0.4, -0.2) is 17.4 Å². The number of benzene rings is 1. The first-order valence-corrected chi connectivity index (χ1v) is 3.89. The summed E-state index contributed by atoms with van der Waals surface area (Å²) in [4.78, 5) is 10.5. The van der Waals surface area contributed by atoms with Gasteiger partial charge in [0.05, 0.1) is 5.56 Å². The molecule has 0 aliphatic carbocycles. The van der Waals surface area contributed by atoms with Gasteiger partial charge in [-0.25, -0.2) is 4.79 Å². The molecule has 0 amide bonds. The molecule has 0 heterocycles. The number of aromatic carboxylic acids is 1. The Labute approximate surface area is 83.1 Å². The summed E-state index contributed by atoms with van der Waals surface area (Å²) in [6.45, 7) is 1.40. The molecule has 1 aromatic carbocycles. The van der Waals surface area contributed by atoms with Crippen LogP contribution >= 0.6 is 0 Å². The molecule has 0 unspecified atom stereocenters. The lowest BCUT2D eigenvalue weighted by Gasteiger charge is -2.11. The van der Waals surface area contributed by atoms with Gasteiger partial charge in [-0.1, -0.05) is 6.07 Å². The Hall–Kier alpha value is -1.72. The molecule has 0 spiro atoms. The summed E-state index contributed by atoms with van der Waals surface area (Å²) in [5.41, 5.74) is -0.0304. The van der Waals surface area contributed by atoms with Crippen LogP contribution < -0.4 is 4.74 Å². The highest BCUT2D eigenvalue weighted by Gasteiger charge is 2.31. The van der Waals surface area contributed by atoms with Crippen LogP contribution in [0.1, 0.15) is 15.9 Å². The number of carbonyl (C=O) groups is 1. The van der Waals surface area contributed by atoms with Crippen molar-refractivity contribution in [2.24, 2.45) is 0 Å². The molecular formula is C9H7F3O3. The lowest BCUT2D eigenvalue weighted by atomic mass is 10.1. The Morgan fingerprint density at radius 1 is 1.40 bits per heavy atom. The predicted octanol–water partition coefficient (Wildman–Crippen LogP) is 2.59. The Morgan fingerprint density at radius 3 is 2.47 bits per heavy atom. The minimum absolute atomic E-state index is 0.220. The smallest absolute Gasteiger partial charge is 0.478 e. The van der Waals surface area contributed by atoms with E-state index in [2.05, 4.69) is 4.74 Å². The molecule has 0 aliphatic rings. The molecule has 0 saturated carbocycles. The maximum atomic E-state index is 11.9. The van der Waals surface area contributed by atoms with Gasteiger partial charge in [-0.15, -0.1) is 13.2 Å². The van der Waals surface area contributed by atoms with Crippen molar-refractivity contribution in [3.63, 3.8) is 0 Å². The van der Waals surface area contributed by atoms with E-state index in [4.69, 9.17) is 5.11 Å². The first-order chi connectivity index (χ1) is 6.79. The lowest BCUT2D eigenvalue weighted by molar-refractivity contribution is -0.274. The van der Waals surface area contributed by atoms with Gasteiger partial charge in [-0.2, -0.15) is 0 Å². The van der Waals surface area contributed by atoms with Crippen molar-refractivity contribution in [1.82, 2.24) is 0 Å². The summed E-state index contributed by atoms with van der Waals surface area (Å²) in [5.74, 6) is -1.80. The van der Waals surface area contributed by atoms with E-state index in [-0.39, 0.29) is 11.1 Å². The van der Waals surface area contributed by atoms with E-state index in [0.29, 0.717) is 0 Å². The normalized spacial score (nSPS) is 11.2. The van der Waals surface area contributed by atoms with E-state index in [0.717, 1.165) is 6.07 Å². The molecule has 0 aromatic heterocycles. The van der Waals surface area contributed by atoms with Gasteiger partial charge in [0.15, 0.2) is 0 Å². The van der Waals surface area contributed by atoms with E-state index in [1.54, 1.807) is 0 Å². The molecule has 6 heteroatoms. The molecule has 0 fully saturated rings. The topological polar surface area (TPSA) is 46.5 Å². The molecule has 1 N–H and O–H groups in total. The number of aryl methyl sites for hydroxylation is 1. The van der Waals surface area contributed by atoms with Crippen LogP contribution in [0.15, 0.2) is 18.2 Å². The zero-order valence-electron chi connectivity index (χ0n) is 7.63. The second-order valence-corrected chi connectivity index (χ2v) is 2.83. The van der Waals surface area contributed by atoms with Gasteiger partial charge < -0.3 is 9.84 Å². The van der Waals surface area contributed by atoms with Crippen LogP contribution in [0.25, 0.3) is 0 Å². The molecule has 0 aliphatic heterocycles. The molecule has 15 heavy (non-hydrogen) atoms. The predicted molar refractivity (Wildman–Crippen MR) is 44.8 cm³/mol. The largest absolute Gasteiger partial charge is 0.573 e. The second kappa shape index (κ2) is 3.80. The van der Waals surface area contributed by atoms with Gasteiger partial charge >= 0.3 is 12.3 Å². The van der Waals surface area contributed by atoms with E-state index in [1.807, 2.05) is 0 Å². The number of alkyl halides is 3. The molecule has 0 atom stereocenters. The monoisotopic (exact) mass is 220 g/mol. The zero-order chi connectivity index (χ0) is 11.6. The fourth-order valence-electron chi connectivity index (χ4n) is 0.968. The van der Waals surface area contributed by atoms with Crippen LogP contribution in [0.5, 0.6) is 5.75 Å². The van der Waals surface area contributed by atoms with Gasteiger partial charge in [-0.3, -0.25) is 0 Å². The maximum absolute atomic E-state index is 11.9. The number of halogens is 3. The minimum atomic E-state index is -4.82. The lowest BCUT2D eigenvalue weighted by Crippen LogP contribution is -2.18. The van der Waals surface area contributed by atoms with Crippen molar-refractivity contribution in [3.8, 4) is 5.75 Å². The minimum Gasteiger partial charge on any atom is -0.478 e. The molecule has 0 saturated heterocycles. The van der Waals surface area contributed by atoms with Crippen LogP contribution in [-0.2, 0) is 0 Å².